The largest absolute Gasteiger partial charge is 0.508 e. The number of unbranched alkanes of at least 4 members (excludes halogenated alkanes) is 11. The van der Waals surface area contributed by atoms with E-state index in [0.717, 1.165) is 23.8 Å². The van der Waals surface area contributed by atoms with Crippen molar-refractivity contribution >= 4 is 11.0 Å². The highest BCUT2D eigenvalue weighted by Crippen LogP contribution is 2.30. The molecule has 1 N–H and O–H groups in total. The molecule has 0 unspecified atom stereocenters. The Labute approximate surface area is 182 Å². The van der Waals surface area contributed by atoms with Crippen LogP contribution < -0.4 is 5.63 Å². The highest BCUT2D eigenvalue weighted by Gasteiger charge is 2.11. The van der Waals surface area contributed by atoms with Crippen molar-refractivity contribution in [3.63, 3.8) is 0 Å². The van der Waals surface area contributed by atoms with Gasteiger partial charge in [0.25, 0.3) is 0 Å². The van der Waals surface area contributed by atoms with Gasteiger partial charge in [-0.15, -0.1) is 0 Å². The van der Waals surface area contributed by atoms with Crippen molar-refractivity contribution in [3.8, 4) is 5.75 Å². The predicted octanol–water partition coefficient (Wildman–Crippen LogP) is 8.00. The third kappa shape index (κ3) is 8.38. The number of benzene rings is 1. The van der Waals surface area contributed by atoms with Crippen molar-refractivity contribution in [2.75, 3.05) is 0 Å². The maximum absolute atomic E-state index is 11.5. The molecule has 0 saturated carbocycles. The zero-order valence-corrected chi connectivity index (χ0v) is 19.0. The molecule has 2 rings (SSSR count). The average molecular weight is 413 g/mol. The zero-order chi connectivity index (χ0) is 21.6. The summed E-state index contributed by atoms with van der Waals surface area (Å²) in [6.45, 7) is 4.05. The fourth-order valence-corrected chi connectivity index (χ4v) is 4.01. The highest BCUT2D eigenvalue weighted by molar-refractivity contribution is 5.85. The highest BCUT2D eigenvalue weighted by atomic mass is 16.4. The molecule has 3 nitrogen and oxygen atoms in total. The summed E-state index contributed by atoms with van der Waals surface area (Å²) in [4.78, 5) is 11.5. The second kappa shape index (κ2) is 14.1. The van der Waals surface area contributed by atoms with Gasteiger partial charge >= 0.3 is 5.63 Å². The minimum atomic E-state index is -0.372. The molecule has 3 heteroatoms. The minimum absolute atomic E-state index is 0.208. The first-order valence-electron chi connectivity index (χ1n) is 12.0. The smallest absolute Gasteiger partial charge is 0.336 e. The van der Waals surface area contributed by atoms with E-state index in [2.05, 4.69) is 19.1 Å². The minimum Gasteiger partial charge on any atom is -0.508 e. The molecular formula is C27H40O3. The van der Waals surface area contributed by atoms with Crippen molar-refractivity contribution in [2.24, 2.45) is 0 Å². The average Bonchev–Trinajstić information content (AvgIpc) is 2.74. The third-order valence-corrected chi connectivity index (χ3v) is 5.92. The van der Waals surface area contributed by atoms with Gasteiger partial charge in [0.2, 0.25) is 0 Å². The second-order valence-corrected chi connectivity index (χ2v) is 8.51. The molecular weight excluding hydrogens is 372 g/mol. The third-order valence-electron chi connectivity index (χ3n) is 5.92. The van der Waals surface area contributed by atoms with Crippen LogP contribution in [0.1, 0.15) is 102 Å². The van der Waals surface area contributed by atoms with Gasteiger partial charge in [0.1, 0.15) is 11.3 Å². The number of hydrogen-bond donors (Lipinski definition) is 1. The maximum atomic E-state index is 11.5. The van der Waals surface area contributed by atoms with Crippen molar-refractivity contribution in [1.82, 2.24) is 0 Å². The number of phenolic OH excluding ortho intramolecular Hbond substituents is 1. The van der Waals surface area contributed by atoms with Gasteiger partial charge < -0.3 is 9.52 Å². The van der Waals surface area contributed by atoms with Crippen LogP contribution in [0.5, 0.6) is 5.75 Å². The molecule has 1 aromatic heterocycles. The summed E-state index contributed by atoms with van der Waals surface area (Å²) in [7, 11) is 0. The number of hydrogen-bond acceptors (Lipinski definition) is 3. The van der Waals surface area contributed by atoms with Crippen molar-refractivity contribution in [2.45, 2.75) is 104 Å². The zero-order valence-electron chi connectivity index (χ0n) is 19.0. The van der Waals surface area contributed by atoms with E-state index in [4.69, 9.17) is 4.42 Å². The molecule has 0 atom stereocenters. The molecule has 166 valence electrons. The van der Waals surface area contributed by atoms with Gasteiger partial charge in [0.05, 0.1) is 0 Å². The monoisotopic (exact) mass is 412 g/mol. The van der Waals surface area contributed by atoms with Gasteiger partial charge in [-0.1, -0.05) is 70.4 Å². The van der Waals surface area contributed by atoms with Crippen molar-refractivity contribution in [1.29, 1.82) is 0 Å². The van der Waals surface area contributed by atoms with Gasteiger partial charge in [0, 0.05) is 17.0 Å². The summed E-state index contributed by atoms with van der Waals surface area (Å²) < 4.78 is 5.32. The van der Waals surface area contributed by atoms with Gasteiger partial charge in [0.15, 0.2) is 0 Å². The first kappa shape index (κ1) is 24.2. The summed E-state index contributed by atoms with van der Waals surface area (Å²) in [5.41, 5.74) is 1.85. The van der Waals surface area contributed by atoms with E-state index in [1.165, 1.54) is 83.1 Å². The van der Waals surface area contributed by atoms with E-state index in [1.807, 2.05) is 12.1 Å². The van der Waals surface area contributed by atoms with E-state index >= 15 is 0 Å². The van der Waals surface area contributed by atoms with Crippen LogP contribution in [-0.2, 0) is 6.42 Å². The van der Waals surface area contributed by atoms with E-state index in [-0.39, 0.29) is 11.4 Å². The Hall–Kier alpha value is -2.03. The van der Waals surface area contributed by atoms with Crippen LogP contribution in [0, 0.1) is 6.92 Å². The maximum Gasteiger partial charge on any atom is 0.336 e. The normalized spacial score (nSPS) is 11.7. The first-order chi connectivity index (χ1) is 14.6. The summed E-state index contributed by atoms with van der Waals surface area (Å²) in [6, 6.07) is 5.11. The second-order valence-electron chi connectivity index (χ2n) is 8.51. The van der Waals surface area contributed by atoms with E-state index in [0.29, 0.717) is 11.1 Å². The predicted molar refractivity (Wildman–Crippen MR) is 127 cm³/mol. The van der Waals surface area contributed by atoms with E-state index < -0.39 is 0 Å². The molecule has 0 bridgehead atoms. The van der Waals surface area contributed by atoms with E-state index in [9.17, 15) is 9.90 Å². The molecule has 0 aliphatic heterocycles. The quantitative estimate of drug-likeness (QED) is 0.183. The lowest BCUT2D eigenvalue weighted by Crippen LogP contribution is -1.98. The van der Waals surface area contributed by atoms with Crippen LogP contribution in [0.25, 0.3) is 11.0 Å². The summed E-state index contributed by atoms with van der Waals surface area (Å²) in [5.74, 6) is 0.208. The van der Waals surface area contributed by atoms with Crippen LogP contribution in [-0.4, -0.2) is 5.11 Å². The fraction of sp³-hybridized carbons (Fsp3) is 0.593. The molecule has 30 heavy (non-hydrogen) atoms. The number of rotatable bonds is 15. The van der Waals surface area contributed by atoms with Gasteiger partial charge in [-0.3, -0.25) is 0 Å². The molecule has 0 saturated heterocycles. The Balaban J connectivity index is 1.58. The molecule has 1 heterocycles. The van der Waals surface area contributed by atoms with Gasteiger partial charge in [-0.2, -0.15) is 0 Å². The number of phenols is 1. The van der Waals surface area contributed by atoms with Crippen LogP contribution in [0.15, 0.2) is 39.6 Å². The molecule has 0 aliphatic rings. The Morgan fingerprint density at radius 2 is 1.47 bits per heavy atom. The molecule has 2 aromatic rings. The van der Waals surface area contributed by atoms with Crippen molar-refractivity contribution in [3.05, 3.63) is 51.9 Å². The SMILES string of the molecule is CCCCCCCC/C=C\CCCCCCCc1cc(O)c(C)c2oc(=O)ccc12. The molecule has 0 amide bonds. The van der Waals surface area contributed by atoms with Crippen LogP contribution in [0.3, 0.4) is 0 Å². The topological polar surface area (TPSA) is 50.4 Å². The Kier molecular flexibility index (Phi) is 11.4. The summed E-state index contributed by atoms with van der Waals surface area (Å²) >= 11 is 0. The Morgan fingerprint density at radius 1 is 0.867 bits per heavy atom. The molecule has 0 radical (unpaired) electrons. The lowest BCUT2D eigenvalue weighted by atomic mass is 9.99. The Bertz CT molecular complexity index is 832. The Morgan fingerprint density at radius 3 is 2.13 bits per heavy atom. The van der Waals surface area contributed by atoms with Crippen LogP contribution in [0.4, 0.5) is 0 Å². The summed E-state index contributed by atoms with van der Waals surface area (Å²) in [6.07, 6.45) is 22.4. The molecule has 0 spiro atoms. The summed E-state index contributed by atoms with van der Waals surface area (Å²) in [5, 5.41) is 11.1. The fourth-order valence-electron chi connectivity index (χ4n) is 4.01. The lowest BCUT2D eigenvalue weighted by molar-refractivity contribution is 0.467. The first-order valence-corrected chi connectivity index (χ1v) is 12.0. The molecule has 0 aliphatic carbocycles. The van der Waals surface area contributed by atoms with Crippen LogP contribution in [0.2, 0.25) is 0 Å². The van der Waals surface area contributed by atoms with E-state index in [1.54, 1.807) is 6.92 Å². The lowest BCUT2D eigenvalue weighted by Gasteiger charge is -2.09. The number of fused-ring (bicyclic) bond motifs is 1. The van der Waals surface area contributed by atoms with Crippen molar-refractivity contribution < 1.29 is 9.52 Å². The number of aromatic hydroxyl groups is 1. The van der Waals surface area contributed by atoms with Gasteiger partial charge in [-0.05, 0) is 63.1 Å². The van der Waals surface area contributed by atoms with Crippen LogP contribution >= 0.6 is 0 Å². The van der Waals surface area contributed by atoms with Gasteiger partial charge in [-0.25, -0.2) is 4.79 Å². The standard InChI is InChI=1S/C27H40O3/c1-3-4-5-6-7-8-9-10-11-12-13-14-15-16-17-18-23-21-25(28)22(2)27-24(23)19-20-26(29)30-27/h10-11,19-21,28H,3-9,12-18H2,1-2H3/b11-10-. The molecule has 1 aromatic carbocycles. The molecule has 0 fully saturated rings. The number of allylic oxidation sites excluding steroid dienone is 2. The number of aryl methyl sites for hydroxylation is 2.